The van der Waals surface area contributed by atoms with Crippen molar-refractivity contribution in [3.63, 3.8) is 0 Å². The molecule has 0 radical (unpaired) electrons. The van der Waals surface area contributed by atoms with Crippen LogP contribution in [-0.2, 0) is 11.3 Å². The molecule has 1 atom stereocenters. The van der Waals surface area contributed by atoms with Gasteiger partial charge in [0.25, 0.3) is 0 Å². The lowest BCUT2D eigenvalue weighted by molar-refractivity contribution is -0.121. The number of methoxy groups -OCH3 is 1. The molecule has 2 aromatic carbocycles. The van der Waals surface area contributed by atoms with Crippen LogP contribution >= 0.6 is 0 Å². The maximum absolute atomic E-state index is 12.5. The number of carbonyl (C=O) groups is 1. The van der Waals surface area contributed by atoms with E-state index in [0.717, 1.165) is 16.8 Å². The summed E-state index contributed by atoms with van der Waals surface area (Å²) in [5.74, 6) is 1.67. The standard InChI is InChI=1S/C22H25N3O3/c1-28-17-10-8-16(9-11-17)18(15-6-7-15)14-21(26)23-12-13-25-20-5-3-2-4-19(20)24-22(25)27/h2-5,8-11,15,18H,6-7,12-14H2,1H3,(H,23,26)(H,24,27). The predicted octanol–water partition coefficient (Wildman–Crippen LogP) is 3.04. The summed E-state index contributed by atoms with van der Waals surface area (Å²) in [6, 6.07) is 15.6. The van der Waals surface area contributed by atoms with Crippen LogP contribution in [0.25, 0.3) is 11.0 Å². The molecule has 0 bridgehead atoms. The fourth-order valence-corrected chi connectivity index (χ4v) is 3.81. The van der Waals surface area contributed by atoms with Gasteiger partial charge in [0.1, 0.15) is 5.75 Å². The van der Waals surface area contributed by atoms with Crippen LogP contribution in [-0.4, -0.2) is 29.1 Å². The monoisotopic (exact) mass is 379 g/mol. The first-order chi connectivity index (χ1) is 13.7. The number of para-hydroxylation sites is 2. The Morgan fingerprint density at radius 3 is 2.68 bits per heavy atom. The topological polar surface area (TPSA) is 76.1 Å². The van der Waals surface area contributed by atoms with Crippen molar-refractivity contribution in [3.8, 4) is 5.75 Å². The highest BCUT2D eigenvalue weighted by atomic mass is 16.5. The SMILES string of the molecule is COc1ccc(C(CC(=O)NCCn2c(=O)[nH]c3ccccc32)C2CC2)cc1. The van der Waals surface area contributed by atoms with E-state index >= 15 is 0 Å². The number of amides is 1. The third kappa shape index (κ3) is 3.96. The number of ether oxygens (including phenoxy) is 1. The minimum atomic E-state index is -0.149. The molecule has 6 nitrogen and oxygen atoms in total. The lowest BCUT2D eigenvalue weighted by Gasteiger charge is -2.17. The van der Waals surface area contributed by atoms with Crippen LogP contribution in [0.15, 0.2) is 53.3 Å². The van der Waals surface area contributed by atoms with Gasteiger partial charge in [-0.15, -0.1) is 0 Å². The molecule has 146 valence electrons. The van der Waals surface area contributed by atoms with E-state index < -0.39 is 0 Å². The largest absolute Gasteiger partial charge is 0.497 e. The number of nitrogens with zero attached hydrogens (tertiary/aromatic N) is 1. The van der Waals surface area contributed by atoms with Gasteiger partial charge in [0, 0.05) is 19.5 Å². The van der Waals surface area contributed by atoms with Crippen molar-refractivity contribution in [2.24, 2.45) is 5.92 Å². The van der Waals surface area contributed by atoms with Crippen LogP contribution in [0.4, 0.5) is 0 Å². The quantitative estimate of drug-likeness (QED) is 0.632. The van der Waals surface area contributed by atoms with Crippen LogP contribution < -0.4 is 15.7 Å². The second-order valence-corrected chi connectivity index (χ2v) is 7.37. The Labute approximate surface area is 163 Å². The van der Waals surface area contributed by atoms with E-state index in [1.54, 1.807) is 11.7 Å². The molecule has 3 aromatic rings. The van der Waals surface area contributed by atoms with Gasteiger partial charge in [0.2, 0.25) is 5.91 Å². The van der Waals surface area contributed by atoms with Gasteiger partial charge >= 0.3 is 5.69 Å². The van der Waals surface area contributed by atoms with Crippen LogP contribution in [0.2, 0.25) is 0 Å². The van der Waals surface area contributed by atoms with Gasteiger partial charge < -0.3 is 15.0 Å². The van der Waals surface area contributed by atoms with E-state index in [1.165, 1.54) is 18.4 Å². The number of fused-ring (bicyclic) bond motifs is 1. The number of H-pyrrole nitrogens is 1. The van der Waals surface area contributed by atoms with Crippen molar-refractivity contribution in [2.45, 2.75) is 31.7 Å². The van der Waals surface area contributed by atoms with E-state index in [2.05, 4.69) is 22.4 Å². The Bertz CT molecular complexity index is 1020. The van der Waals surface area contributed by atoms with Crippen molar-refractivity contribution >= 4 is 16.9 Å². The Morgan fingerprint density at radius 1 is 1.21 bits per heavy atom. The van der Waals surface area contributed by atoms with Crippen molar-refractivity contribution in [1.29, 1.82) is 0 Å². The molecule has 4 rings (SSSR count). The summed E-state index contributed by atoms with van der Waals surface area (Å²) in [4.78, 5) is 27.5. The summed E-state index contributed by atoms with van der Waals surface area (Å²) >= 11 is 0. The molecular weight excluding hydrogens is 354 g/mol. The first-order valence-electron chi connectivity index (χ1n) is 9.74. The Kier molecular flexibility index (Phi) is 5.19. The zero-order valence-corrected chi connectivity index (χ0v) is 16.0. The van der Waals surface area contributed by atoms with Gasteiger partial charge in [-0.3, -0.25) is 9.36 Å². The molecule has 1 heterocycles. The molecule has 1 fully saturated rings. The highest BCUT2D eigenvalue weighted by Gasteiger charge is 2.33. The Hall–Kier alpha value is -3.02. The van der Waals surface area contributed by atoms with E-state index in [0.29, 0.717) is 25.4 Å². The molecule has 1 amide bonds. The van der Waals surface area contributed by atoms with Crippen LogP contribution in [0.3, 0.4) is 0 Å². The molecule has 0 saturated heterocycles. The lowest BCUT2D eigenvalue weighted by Crippen LogP contribution is -2.31. The molecule has 28 heavy (non-hydrogen) atoms. The summed E-state index contributed by atoms with van der Waals surface area (Å²) < 4.78 is 6.89. The number of hydrogen-bond acceptors (Lipinski definition) is 3. The van der Waals surface area contributed by atoms with E-state index in [1.807, 2.05) is 36.4 Å². The summed E-state index contributed by atoms with van der Waals surface area (Å²) in [6.45, 7) is 0.881. The van der Waals surface area contributed by atoms with Crippen LogP contribution in [0.1, 0.15) is 30.7 Å². The summed E-state index contributed by atoms with van der Waals surface area (Å²) in [5.41, 5.74) is 2.71. The maximum atomic E-state index is 12.5. The lowest BCUT2D eigenvalue weighted by atomic mass is 9.90. The molecule has 1 saturated carbocycles. The Morgan fingerprint density at radius 2 is 1.96 bits per heavy atom. The Balaban J connectivity index is 1.36. The normalized spacial score (nSPS) is 14.8. The zero-order chi connectivity index (χ0) is 19.5. The smallest absolute Gasteiger partial charge is 0.326 e. The molecule has 0 spiro atoms. The van der Waals surface area contributed by atoms with Gasteiger partial charge in [0.05, 0.1) is 18.1 Å². The third-order valence-electron chi connectivity index (χ3n) is 5.48. The molecule has 1 aliphatic rings. The zero-order valence-electron chi connectivity index (χ0n) is 16.0. The fourth-order valence-electron chi connectivity index (χ4n) is 3.81. The summed E-state index contributed by atoms with van der Waals surface area (Å²) in [7, 11) is 1.65. The average Bonchev–Trinajstić information content (AvgIpc) is 3.50. The number of aromatic nitrogens is 2. The molecule has 1 unspecified atom stereocenters. The first kappa shape index (κ1) is 18.3. The van der Waals surface area contributed by atoms with Crippen LogP contribution in [0.5, 0.6) is 5.75 Å². The third-order valence-corrected chi connectivity index (χ3v) is 5.48. The molecule has 0 aliphatic heterocycles. The van der Waals surface area contributed by atoms with Gasteiger partial charge in [-0.1, -0.05) is 24.3 Å². The van der Waals surface area contributed by atoms with Crippen molar-refractivity contribution in [3.05, 3.63) is 64.6 Å². The number of carbonyl (C=O) groups excluding carboxylic acids is 1. The van der Waals surface area contributed by atoms with E-state index in [-0.39, 0.29) is 17.5 Å². The molecule has 1 aliphatic carbocycles. The van der Waals surface area contributed by atoms with Gasteiger partial charge in [-0.25, -0.2) is 4.79 Å². The van der Waals surface area contributed by atoms with Gasteiger partial charge in [-0.2, -0.15) is 0 Å². The number of imidazole rings is 1. The van der Waals surface area contributed by atoms with Crippen LogP contribution in [0, 0.1) is 5.92 Å². The van der Waals surface area contributed by atoms with Gasteiger partial charge in [0.15, 0.2) is 0 Å². The second-order valence-electron chi connectivity index (χ2n) is 7.37. The highest BCUT2D eigenvalue weighted by Crippen LogP contribution is 2.44. The molecular formula is C22H25N3O3. The summed E-state index contributed by atoms with van der Waals surface area (Å²) in [5, 5.41) is 2.98. The second kappa shape index (κ2) is 7.92. The highest BCUT2D eigenvalue weighted by molar-refractivity contribution is 5.77. The fraction of sp³-hybridized carbons (Fsp3) is 0.364. The number of hydrogen-bond donors (Lipinski definition) is 2. The number of aromatic amines is 1. The summed E-state index contributed by atoms with van der Waals surface area (Å²) in [6.07, 6.45) is 2.82. The van der Waals surface area contributed by atoms with E-state index in [9.17, 15) is 9.59 Å². The molecule has 2 N–H and O–H groups in total. The van der Waals surface area contributed by atoms with Gasteiger partial charge in [-0.05, 0) is 54.5 Å². The molecule has 6 heteroatoms. The van der Waals surface area contributed by atoms with Crippen molar-refractivity contribution < 1.29 is 9.53 Å². The van der Waals surface area contributed by atoms with Crippen molar-refractivity contribution in [1.82, 2.24) is 14.9 Å². The van der Waals surface area contributed by atoms with Crippen molar-refractivity contribution in [2.75, 3.05) is 13.7 Å². The predicted molar refractivity (Wildman–Crippen MR) is 109 cm³/mol. The maximum Gasteiger partial charge on any atom is 0.326 e. The average molecular weight is 379 g/mol. The van der Waals surface area contributed by atoms with E-state index in [4.69, 9.17) is 4.74 Å². The number of benzene rings is 2. The minimum absolute atomic E-state index is 0.0283. The molecule has 1 aromatic heterocycles. The minimum Gasteiger partial charge on any atom is -0.497 e. The first-order valence-corrected chi connectivity index (χ1v) is 9.74. The number of nitrogens with one attached hydrogen (secondary N) is 2. The number of rotatable bonds is 8.